The first kappa shape index (κ1) is 20.1. The maximum absolute atomic E-state index is 12.6. The summed E-state index contributed by atoms with van der Waals surface area (Å²) in [5, 5.41) is 6.03. The lowest BCUT2D eigenvalue weighted by Gasteiger charge is -2.13. The van der Waals surface area contributed by atoms with Gasteiger partial charge in [0.2, 0.25) is 0 Å². The number of nitrogens with one attached hydrogen (secondary N) is 1. The van der Waals surface area contributed by atoms with Gasteiger partial charge in [0.25, 0.3) is 5.91 Å². The summed E-state index contributed by atoms with van der Waals surface area (Å²) in [7, 11) is 0. The molecule has 0 spiro atoms. The molecule has 1 N–H and O–H groups in total. The van der Waals surface area contributed by atoms with E-state index in [9.17, 15) is 4.79 Å². The number of carbonyl (C=O) groups is 1. The quantitative estimate of drug-likeness (QED) is 0.289. The van der Waals surface area contributed by atoms with E-state index in [1.165, 1.54) is 0 Å². The third kappa shape index (κ3) is 4.62. The third-order valence-electron chi connectivity index (χ3n) is 4.03. The van der Waals surface area contributed by atoms with Gasteiger partial charge in [-0.2, -0.15) is 5.10 Å². The monoisotopic (exact) mass is 488 g/mol. The van der Waals surface area contributed by atoms with Crippen LogP contribution in [0.2, 0.25) is 0 Å². The highest BCUT2D eigenvalue weighted by Crippen LogP contribution is 2.33. The Morgan fingerprint density at radius 2 is 1.82 bits per heavy atom. The van der Waals surface area contributed by atoms with E-state index in [1.54, 1.807) is 12.3 Å². The van der Waals surface area contributed by atoms with E-state index in [0.717, 1.165) is 25.7 Å². The van der Waals surface area contributed by atoms with Crippen LogP contribution in [0.4, 0.5) is 0 Å². The number of hydrogen-bond acceptors (Lipinski definition) is 4. The van der Waals surface area contributed by atoms with Gasteiger partial charge in [-0.3, -0.25) is 4.79 Å². The standard InChI is InChI=1S/C22H21IN2O3/c1-3-27-20-13-15(12-19(23)21(20)28-4-2)14-24-25-22(26)18-11-7-9-16-8-5-6-10-17(16)18/h5-14H,3-4H2,1-2H3,(H,25,26). The van der Waals surface area contributed by atoms with Crippen molar-refractivity contribution in [2.24, 2.45) is 5.10 Å². The Labute approximate surface area is 177 Å². The summed E-state index contributed by atoms with van der Waals surface area (Å²) in [6.45, 7) is 4.96. The number of nitrogens with zero attached hydrogens (tertiary/aromatic N) is 1. The van der Waals surface area contributed by atoms with Crippen LogP contribution in [0.3, 0.4) is 0 Å². The maximum atomic E-state index is 12.6. The molecule has 6 heteroatoms. The fraction of sp³-hybridized carbons (Fsp3) is 0.182. The summed E-state index contributed by atoms with van der Waals surface area (Å²) >= 11 is 2.20. The van der Waals surface area contributed by atoms with Crippen LogP contribution in [0.1, 0.15) is 29.8 Å². The van der Waals surface area contributed by atoms with Crippen molar-refractivity contribution >= 4 is 45.5 Å². The molecule has 3 aromatic rings. The molecule has 3 rings (SSSR count). The van der Waals surface area contributed by atoms with Gasteiger partial charge in [0.15, 0.2) is 11.5 Å². The van der Waals surface area contributed by atoms with E-state index in [4.69, 9.17) is 9.47 Å². The Hall–Kier alpha value is -2.61. The predicted octanol–water partition coefficient (Wildman–Crippen LogP) is 5.01. The van der Waals surface area contributed by atoms with Gasteiger partial charge in [-0.15, -0.1) is 0 Å². The van der Waals surface area contributed by atoms with Gasteiger partial charge in [0, 0.05) is 5.56 Å². The fourth-order valence-corrected chi connectivity index (χ4v) is 3.64. The number of rotatable bonds is 7. The summed E-state index contributed by atoms with van der Waals surface area (Å²) in [5.41, 5.74) is 4.01. The predicted molar refractivity (Wildman–Crippen MR) is 121 cm³/mol. The smallest absolute Gasteiger partial charge is 0.271 e. The van der Waals surface area contributed by atoms with Gasteiger partial charge in [0.05, 0.1) is 23.0 Å². The Morgan fingerprint density at radius 1 is 1.07 bits per heavy atom. The highest BCUT2D eigenvalue weighted by molar-refractivity contribution is 14.1. The molecule has 1 amide bonds. The zero-order valence-corrected chi connectivity index (χ0v) is 17.9. The third-order valence-corrected chi connectivity index (χ3v) is 4.84. The molecule has 28 heavy (non-hydrogen) atoms. The van der Waals surface area contributed by atoms with Gasteiger partial charge >= 0.3 is 0 Å². The second-order valence-electron chi connectivity index (χ2n) is 5.92. The van der Waals surface area contributed by atoms with Gasteiger partial charge in [-0.25, -0.2) is 5.43 Å². The molecule has 0 saturated heterocycles. The van der Waals surface area contributed by atoms with Crippen molar-refractivity contribution in [3.63, 3.8) is 0 Å². The molecule has 0 bridgehead atoms. The zero-order chi connectivity index (χ0) is 19.9. The Balaban J connectivity index is 1.79. The first-order valence-electron chi connectivity index (χ1n) is 9.04. The molecule has 0 fully saturated rings. The summed E-state index contributed by atoms with van der Waals surface area (Å²) in [6.07, 6.45) is 1.60. The summed E-state index contributed by atoms with van der Waals surface area (Å²) < 4.78 is 12.3. The van der Waals surface area contributed by atoms with E-state index in [2.05, 4.69) is 33.1 Å². The molecule has 0 unspecified atom stereocenters. The van der Waals surface area contributed by atoms with E-state index in [1.807, 2.05) is 62.4 Å². The fourth-order valence-electron chi connectivity index (χ4n) is 2.86. The van der Waals surface area contributed by atoms with Gasteiger partial charge in [-0.05, 0) is 71.0 Å². The minimum absolute atomic E-state index is 0.251. The topological polar surface area (TPSA) is 59.9 Å². The largest absolute Gasteiger partial charge is 0.490 e. The Bertz CT molecular complexity index is 1010. The van der Waals surface area contributed by atoms with E-state index in [-0.39, 0.29) is 5.91 Å². The lowest BCUT2D eigenvalue weighted by atomic mass is 10.0. The van der Waals surface area contributed by atoms with Gasteiger partial charge in [0.1, 0.15) is 0 Å². The SMILES string of the molecule is CCOc1cc(C=NNC(=O)c2cccc3ccccc23)cc(I)c1OCC. The van der Waals surface area contributed by atoms with Crippen LogP contribution in [-0.2, 0) is 0 Å². The van der Waals surface area contributed by atoms with E-state index in [0.29, 0.717) is 24.5 Å². The second kappa shape index (κ2) is 9.54. The van der Waals surface area contributed by atoms with Crippen molar-refractivity contribution < 1.29 is 14.3 Å². The van der Waals surface area contributed by atoms with Crippen LogP contribution in [0, 0.1) is 3.57 Å². The number of ether oxygens (including phenoxy) is 2. The summed E-state index contributed by atoms with van der Waals surface area (Å²) in [6, 6.07) is 17.2. The van der Waals surface area contributed by atoms with Crippen molar-refractivity contribution in [1.82, 2.24) is 5.43 Å². The minimum Gasteiger partial charge on any atom is -0.490 e. The van der Waals surface area contributed by atoms with Crippen molar-refractivity contribution in [3.8, 4) is 11.5 Å². The first-order chi connectivity index (χ1) is 13.6. The molecule has 0 radical (unpaired) electrons. The zero-order valence-electron chi connectivity index (χ0n) is 15.7. The molecule has 0 heterocycles. The number of fused-ring (bicyclic) bond motifs is 1. The van der Waals surface area contributed by atoms with Crippen LogP contribution in [0.15, 0.2) is 59.7 Å². The minimum atomic E-state index is -0.251. The van der Waals surface area contributed by atoms with E-state index >= 15 is 0 Å². The molecule has 0 aromatic heterocycles. The lowest BCUT2D eigenvalue weighted by Crippen LogP contribution is -2.18. The first-order valence-corrected chi connectivity index (χ1v) is 10.1. The van der Waals surface area contributed by atoms with Crippen molar-refractivity contribution in [3.05, 3.63) is 69.3 Å². The maximum Gasteiger partial charge on any atom is 0.271 e. The average Bonchev–Trinajstić information content (AvgIpc) is 2.70. The van der Waals surface area contributed by atoms with Crippen LogP contribution >= 0.6 is 22.6 Å². The number of amides is 1. The number of hydrogen-bond donors (Lipinski definition) is 1. The molecule has 0 saturated carbocycles. The number of hydrazone groups is 1. The lowest BCUT2D eigenvalue weighted by molar-refractivity contribution is 0.0957. The molecule has 0 aliphatic heterocycles. The molecule has 0 aliphatic carbocycles. The van der Waals surface area contributed by atoms with Crippen molar-refractivity contribution in [2.45, 2.75) is 13.8 Å². The van der Waals surface area contributed by atoms with Crippen molar-refractivity contribution in [1.29, 1.82) is 0 Å². The highest BCUT2D eigenvalue weighted by atomic mass is 127. The second-order valence-corrected chi connectivity index (χ2v) is 7.08. The van der Waals surface area contributed by atoms with Crippen LogP contribution in [0.5, 0.6) is 11.5 Å². The highest BCUT2D eigenvalue weighted by Gasteiger charge is 2.12. The molecule has 144 valence electrons. The van der Waals surface area contributed by atoms with Crippen LogP contribution in [-0.4, -0.2) is 25.3 Å². The summed E-state index contributed by atoms with van der Waals surface area (Å²) in [5.74, 6) is 1.14. The van der Waals surface area contributed by atoms with Gasteiger partial charge in [-0.1, -0.05) is 36.4 Å². The normalized spacial score (nSPS) is 11.0. The molecule has 5 nitrogen and oxygen atoms in total. The molecular formula is C22H21IN2O3. The molecule has 3 aromatic carbocycles. The number of halogens is 1. The van der Waals surface area contributed by atoms with E-state index < -0.39 is 0 Å². The molecule has 0 atom stereocenters. The Kier molecular flexibility index (Phi) is 6.86. The average molecular weight is 488 g/mol. The number of carbonyl (C=O) groups excluding carboxylic acids is 1. The Morgan fingerprint density at radius 3 is 2.61 bits per heavy atom. The number of benzene rings is 3. The van der Waals surface area contributed by atoms with Crippen LogP contribution < -0.4 is 14.9 Å². The van der Waals surface area contributed by atoms with Gasteiger partial charge < -0.3 is 9.47 Å². The van der Waals surface area contributed by atoms with Crippen molar-refractivity contribution in [2.75, 3.05) is 13.2 Å². The molecule has 0 aliphatic rings. The summed E-state index contributed by atoms with van der Waals surface area (Å²) in [4.78, 5) is 12.6. The molecular weight excluding hydrogens is 467 g/mol. The van der Waals surface area contributed by atoms with Crippen LogP contribution in [0.25, 0.3) is 10.8 Å².